The third kappa shape index (κ3) is 8.01. The number of nitrogens with zero attached hydrogens (tertiary/aromatic N) is 5. The number of aryl methyl sites for hydroxylation is 2. The maximum atomic E-state index is 13.8. The number of fused-ring (bicyclic) bond motifs is 2. The number of carbonyl (C=O) groups excluding carboxylic acids is 3. The molecule has 2 aromatic carbocycles. The second kappa shape index (κ2) is 15.0. The fourth-order valence-corrected chi connectivity index (χ4v) is 6.31. The molecule has 2 aliphatic rings. The molecule has 1 aromatic heterocycles. The fourth-order valence-electron chi connectivity index (χ4n) is 6.31. The van der Waals surface area contributed by atoms with Gasteiger partial charge in [0.2, 0.25) is 17.7 Å². The van der Waals surface area contributed by atoms with Crippen LogP contribution in [0, 0.1) is 6.92 Å². The van der Waals surface area contributed by atoms with Gasteiger partial charge in [0.1, 0.15) is 17.7 Å². The summed E-state index contributed by atoms with van der Waals surface area (Å²) in [5.74, 6) is 2.33. The van der Waals surface area contributed by atoms with Crippen LogP contribution in [0.4, 0.5) is 0 Å². The second-order valence-electron chi connectivity index (χ2n) is 11.8. The first-order valence-corrected chi connectivity index (χ1v) is 15.9. The first kappa shape index (κ1) is 32.0. The number of nitrogens with one attached hydrogen (secondary N) is 1. The van der Waals surface area contributed by atoms with Gasteiger partial charge in [-0.05, 0) is 68.7 Å². The SMILES string of the molecule is COc1ccc(CCC(=O)N2CCCC(=O)N3CCCC[C@H]3C(=O)N[C@H](Cc3ccccc3)c3nc(C)nn3CC2)cc1OC. The molecule has 45 heavy (non-hydrogen) atoms. The minimum atomic E-state index is -0.524. The van der Waals surface area contributed by atoms with Crippen LogP contribution in [0.2, 0.25) is 0 Å². The van der Waals surface area contributed by atoms with Crippen molar-refractivity contribution in [1.82, 2.24) is 29.9 Å². The number of hydrogen-bond donors (Lipinski definition) is 1. The summed E-state index contributed by atoms with van der Waals surface area (Å²) in [5.41, 5.74) is 2.03. The Bertz CT molecular complexity index is 1470. The lowest BCUT2D eigenvalue weighted by Gasteiger charge is -2.36. The van der Waals surface area contributed by atoms with E-state index in [-0.39, 0.29) is 24.1 Å². The lowest BCUT2D eigenvalue weighted by atomic mass is 9.99. The number of ether oxygens (including phenoxy) is 2. The van der Waals surface area contributed by atoms with Crippen LogP contribution >= 0.6 is 0 Å². The summed E-state index contributed by atoms with van der Waals surface area (Å²) >= 11 is 0. The number of benzene rings is 2. The number of amides is 3. The minimum absolute atomic E-state index is 0.00713. The number of hydrogen-bond acceptors (Lipinski definition) is 7. The Morgan fingerprint density at radius 1 is 0.933 bits per heavy atom. The zero-order chi connectivity index (χ0) is 31.8. The average Bonchev–Trinajstić information content (AvgIpc) is 3.44. The molecular formula is C34H44N6O5. The molecule has 0 saturated carbocycles. The Hall–Kier alpha value is -4.41. The van der Waals surface area contributed by atoms with Crippen molar-refractivity contribution in [3.05, 3.63) is 71.3 Å². The van der Waals surface area contributed by atoms with E-state index in [1.54, 1.807) is 19.1 Å². The van der Waals surface area contributed by atoms with Crippen molar-refractivity contribution in [3.63, 3.8) is 0 Å². The van der Waals surface area contributed by atoms with Gasteiger partial charge in [-0.25, -0.2) is 9.67 Å². The number of carbonyl (C=O) groups is 3. The highest BCUT2D eigenvalue weighted by Crippen LogP contribution is 2.28. The monoisotopic (exact) mass is 616 g/mol. The van der Waals surface area contributed by atoms with Gasteiger partial charge in [0.05, 0.1) is 26.8 Å². The molecule has 0 aliphatic carbocycles. The van der Waals surface area contributed by atoms with Crippen LogP contribution in [-0.4, -0.2) is 82.2 Å². The molecule has 0 radical (unpaired) electrons. The van der Waals surface area contributed by atoms with Crippen LogP contribution in [0.25, 0.3) is 0 Å². The van der Waals surface area contributed by atoms with E-state index in [4.69, 9.17) is 14.5 Å². The van der Waals surface area contributed by atoms with Gasteiger partial charge in [-0.15, -0.1) is 0 Å². The standard InChI is InChI=1S/C34H44N6O5/c1-24-35-33-27(22-25-10-5-4-6-11-25)36-34(43)28-12-7-8-19-39(28)32(42)13-9-18-38(20-21-40(33)37-24)31(41)17-15-26-14-16-29(44-2)30(23-26)45-3/h4-6,10-11,14,16,23,27-28H,7-9,12-13,15,17-22H2,1-3H3,(H,36,43)/t27-,28+/m1/s1. The Labute approximate surface area is 264 Å². The first-order chi connectivity index (χ1) is 21.9. The summed E-state index contributed by atoms with van der Waals surface area (Å²) < 4.78 is 12.6. The zero-order valence-electron chi connectivity index (χ0n) is 26.5. The van der Waals surface area contributed by atoms with Crippen molar-refractivity contribution in [3.8, 4) is 11.5 Å². The summed E-state index contributed by atoms with van der Waals surface area (Å²) in [6.45, 7) is 3.67. The maximum absolute atomic E-state index is 13.8. The van der Waals surface area contributed by atoms with Crippen LogP contribution < -0.4 is 14.8 Å². The lowest BCUT2D eigenvalue weighted by molar-refractivity contribution is -0.143. The average molecular weight is 617 g/mol. The topological polar surface area (TPSA) is 119 Å². The third-order valence-electron chi connectivity index (χ3n) is 8.67. The summed E-state index contributed by atoms with van der Waals surface area (Å²) in [4.78, 5) is 49.2. The second-order valence-corrected chi connectivity index (χ2v) is 11.8. The summed E-state index contributed by atoms with van der Waals surface area (Å²) in [6, 6.07) is 14.7. The van der Waals surface area contributed by atoms with Crippen LogP contribution in [0.15, 0.2) is 48.5 Å². The van der Waals surface area contributed by atoms with Crippen molar-refractivity contribution < 1.29 is 23.9 Å². The largest absolute Gasteiger partial charge is 0.493 e. The van der Waals surface area contributed by atoms with Gasteiger partial charge in [-0.3, -0.25) is 14.4 Å². The number of methoxy groups -OCH3 is 2. The normalized spacial score (nSPS) is 19.6. The molecule has 0 unspecified atom stereocenters. The molecule has 1 fully saturated rings. The van der Waals surface area contributed by atoms with Crippen molar-refractivity contribution in [2.45, 2.75) is 76.9 Å². The molecule has 2 atom stereocenters. The fraction of sp³-hybridized carbons (Fsp3) is 0.500. The highest BCUT2D eigenvalue weighted by Gasteiger charge is 2.34. The zero-order valence-corrected chi connectivity index (χ0v) is 26.5. The van der Waals surface area contributed by atoms with Crippen molar-refractivity contribution in [2.24, 2.45) is 0 Å². The molecule has 3 aromatic rings. The van der Waals surface area contributed by atoms with E-state index < -0.39 is 12.1 Å². The summed E-state index contributed by atoms with van der Waals surface area (Å²) in [7, 11) is 3.19. The molecule has 11 heteroatoms. The van der Waals surface area contributed by atoms with Gasteiger partial charge in [-0.1, -0.05) is 36.4 Å². The predicted molar refractivity (Wildman–Crippen MR) is 169 cm³/mol. The Balaban J connectivity index is 1.40. The highest BCUT2D eigenvalue weighted by molar-refractivity contribution is 5.88. The molecule has 3 amide bonds. The molecule has 3 heterocycles. The summed E-state index contributed by atoms with van der Waals surface area (Å²) in [6.07, 6.45) is 4.58. The Morgan fingerprint density at radius 2 is 1.73 bits per heavy atom. The molecule has 240 valence electrons. The first-order valence-electron chi connectivity index (χ1n) is 15.9. The van der Waals surface area contributed by atoms with Gasteiger partial charge in [0.25, 0.3) is 0 Å². The predicted octanol–water partition coefficient (Wildman–Crippen LogP) is 3.64. The van der Waals surface area contributed by atoms with Crippen LogP contribution in [-0.2, 0) is 33.8 Å². The van der Waals surface area contributed by atoms with Gasteiger partial charge in [0, 0.05) is 32.5 Å². The van der Waals surface area contributed by atoms with Crippen molar-refractivity contribution >= 4 is 17.7 Å². The van der Waals surface area contributed by atoms with E-state index in [0.29, 0.717) is 81.4 Å². The van der Waals surface area contributed by atoms with E-state index in [9.17, 15) is 14.4 Å². The van der Waals surface area contributed by atoms with Gasteiger partial charge in [0.15, 0.2) is 11.5 Å². The molecule has 5 rings (SSSR count). The molecule has 0 spiro atoms. The molecule has 2 aliphatic heterocycles. The Kier molecular flexibility index (Phi) is 10.7. The lowest BCUT2D eigenvalue weighted by Crippen LogP contribution is -2.53. The highest BCUT2D eigenvalue weighted by atomic mass is 16.5. The summed E-state index contributed by atoms with van der Waals surface area (Å²) in [5, 5.41) is 7.92. The smallest absolute Gasteiger partial charge is 0.243 e. The number of piperidine rings is 1. The Morgan fingerprint density at radius 3 is 2.51 bits per heavy atom. The van der Waals surface area contributed by atoms with Crippen LogP contribution in [0.1, 0.15) is 67.3 Å². The number of rotatable bonds is 7. The molecule has 0 bridgehead atoms. The van der Waals surface area contributed by atoms with Gasteiger partial charge >= 0.3 is 0 Å². The maximum Gasteiger partial charge on any atom is 0.243 e. The van der Waals surface area contributed by atoms with Gasteiger partial charge < -0.3 is 24.6 Å². The molecule has 11 nitrogen and oxygen atoms in total. The van der Waals surface area contributed by atoms with Crippen LogP contribution in [0.3, 0.4) is 0 Å². The van der Waals surface area contributed by atoms with E-state index in [1.807, 2.05) is 65.0 Å². The van der Waals surface area contributed by atoms with E-state index in [2.05, 4.69) is 10.4 Å². The quantitative estimate of drug-likeness (QED) is 0.431. The molecule has 1 N–H and O–H groups in total. The van der Waals surface area contributed by atoms with Crippen molar-refractivity contribution in [2.75, 3.05) is 33.9 Å². The molecule has 1 saturated heterocycles. The van der Waals surface area contributed by atoms with Crippen molar-refractivity contribution in [1.29, 1.82) is 0 Å². The van der Waals surface area contributed by atoms with E-state index in [0.717, 1.165) is 24.0 Å². The third-order valence-corrected chi connectivity index (χ3v) is 8.67. The number of aromatic nitrogens is 3. The minimum Gasteiger partial charge on any atom is -0.493 e. The van der Waals surface area contributed by atoms with E-state index in [1.165, 1.54) is 0 Å². The van der Waals surface area contributed by atoms with Gasteiger partial charge in [-0.2, -0.15) is 5.10 Å². The van der Waals surface area contributed by atoms with Crippen LogP contribution in [0.5, 0.6) is 11.5 Å². The van der Waals surface area contributed by atoms with E-state index >= 15 is 0 Å². The molecular weight excluding hydrogens is 572 g/mol.